The van der Waals surface area contributed by atoms with Crippen LogP contribution in [0.1, 0.15) is 13.3 Å². The van der Waals surface area contributed by atoms with Gasteiger partial charge in [-0.15, -0.1) is 5.10 Å². The zero-order valence-corrected chi connectivity index (χ0v) is 9.67. The Morgan fingerprint density at radius 2 is 2.44 bits per heavy atom. The fourth-order valence-electron chi connectivity index (χ4n) is 1.30. The third kappa shape index (κ3) is 5.79. The van der Waals surface area contributed by atoms with Crippen molar-refractivity contribution in [1.29, 1.82) is 0 Å². The van der Waals surface area contributed by atoms with E-state index in [2.05, 4.69) is 15.6 Å². The van der Waals surface area contributed by atoms with Crippen LogP contribution in [0.2, 0.25) is 0 Å². The van der Waals surface area contributed by atoms with E-state index in [0.717, 1.165) is 19.5 Å². The van der Waals surface area contributed by atoms with E-state index in [4.69, 9.17) is 4.74 Å². The van der Waals surface area contributed by atoms with Gasteiger partial charge in [0.1, 0.15) is 0 Å². The minimum absolute atomic E-state index is 0.395. The van der Waals surface area contributed by atoms with Gasteiger partial charge in [-0.3, -0.25) is 4.68 Å². The summed E-state index contributed by atoms with van der Waals surface area (Å²) in [4.78, 5) is 0. The second-order valence-corrected chi connectivity index (χ2v) is 3.54. The maximum Gasteiger partial charge on any atom is 0.0897 e. The van der Waals surface area contributed by atoms with Gasteiger partial charge in [0.05, 0.1) is 18.9 Å². The molecule has 2 N–H and O–H groups in total. The van der Waals surface area contributed by atoms with Crippen molar-refractivity contribution in [2.45, 2.75) is 26.0 Å². The average Bonchev–Trinajstić information content (AvgIpc) is 2.79. The highest BCUT2D eigenvalue weighted by atomic mass is 16.5. The van der Waals surface area contributed by atoms with Gasteiger partial charge in [-0.25, -0.2) is 0 Å². The van der Waals surface area contributed by atoms with Crippen LogP contribution >= 0.6 is 0 Å². The average molecular weight is 228 g/mol. The monoisotopic (exact) mass is 228 g/mol. The lowest BCUT2D eigenvalue weighted by Gasteiger charge is -2.11. The molecule has 0 aliphatic carbocycles. The number of nitrogens with one attached hydrogen (secondary N) is 1. The summed E-state index contributed by atoms with van der Waals surface area (Å²) in [6.45, 7) is 5.21. The fourth-order valence-corrected chi connectivity index (χ4v) is 1.30. The number of rotatable bonds is 9. The Kier molecular flexibility index (Phi) is 6.71. The lowest BCUT2D eigenvalue weighted by molar-refractivity contribution is 0.0429. The molecular weight excluding hydrogens is 208 g/mol. The lowest BCUT2D eigenvalue weighted by atomic mass is 10.3. The molecule has 0 radical (unpaired) electrons. The first-order chi connectivity index (χ1) is 7.83. The highest BCUT2D eigenvalue weighted by molar-refractivity contribution is 4.64. The van der Waals surface area contributed by atoms with Crippen LogP contribution in [0.25, 0.3) is 0 Å². The van der Waals surface area contributed by atoms with Crippen molar-refractivity contribution in [1.82, 2.24) is 20.3 Å². The normalized spacial score (nSPS) is 12.9. The SMILES string of the molecule is CCOCC(O)CNCCCn1ccnn1. The van der Waals surface area contributed by atoms with Gasteiger partial charge in [-0.05, 0) is 19.9 Å². The fraction of sp³-hybridized carbons (Fsp3) is 0.800. The van der Waals surface area contributed by atoms with Crippen LogP contribution in [0.4, 0.5) is 0 Å². The molecule has 0 amide bonds. The highest BCUT2D eigenvalue weighted by Gasteiger charge is 2.02. The van der Waals surface area contributed by atoms with Crippen LogP contribution in [0, 0.1) is 0 Å². The van der Waals surface area contributed by atoms with Crippen LogP contribution in [0.3, 0.4) is 0 Å². The van der Waals surface area contributed by atoms with E-state index in [0.29, 0.717) is 19.8 Å². The summed E-state index contributed by atoms with van der Waals surface area (Å²) >= 11 is 0. The number of ether oxygens (including phenoxy) is 1. The quantitative estimate of drug-likeness (QED) is 0.565. The standard InChI is InChI=1S/C10H20N4O2/c1-2-16-9-10(15)8-11-4-3-6-14-7-5-12-13-14/h5,7,10-11,15H,2-4,6,8-9H2,1H3. The van der Waals surface area contributed by atoms with E-state index in [1.54, 1.807) is 10.9 Å². The van der Waals surface area contributed by atoms with Crippen molar-refractivity contribution >= 4 is 0 Å². The zero-order valence-electron chi connectivity index (χ0n) is 9.67. The largest absolute Gasteiger partial charge is 0.389 e. The second-order valence-electron chi connectivity index (χ2n) is 3.54. The Hall–Kier alpha value is -0.980. The molecule has 6 nitrogen and oxygen atoms in total. The third-order valence-electron chi connectivity index (χ3n) is 2.11. The summed E-state index contributed by atoms with van der Waals surface area (Å²) in [6.07, 6.45) is 4.04. The lowest BCUT2D eigenvalue weighted by Crippen LogP contribution is -2.31. The van der Waals surface area contributed by atoms with Gasteiger partial charge < -0.3 is 15.2 Å². The van der Waals surface area contributed by atoms with Crippen LogP contribution in [0.15, 0.2) is 12.4 Å². The molecule has 0 bridgehead atoms. The smallest absolute Gasteiger partial charge is 0.0897 e. The number of aryl methyl sites for hydroxylation is 1. The molecule has 0 saturated heterocycles. The summed E-state index contributed by atoms with van der Waals surface area (Å²) < 4.78 is 6.89. The molecule has 1 rings (SSSR count). The van der Waals surface area contributed by atoms with Crippen molar-refractivity contribution in [3.63, 3.8) is 0 Å². The Bertz CT molecular complexity index is 253. The molecule has 1 unspecified atom stereocenters. The van der Waals surface area contributed by atoms with Crippen molar-refractivity contribution < 1.29 is 9.84 Å². The molecule has 0 aromatic carbocycles. The number of aliphatic hydroxyl groups is 1. The van der Waals surface area contributed by atoms with Crippen molar-refractivity contribution in [2.24, 2.45) is 0 Å². The Morgan fingerprint density at radius 3 is 3.12 bits per heavy atom. The maximum atomic E-state index is 9.45. The van der Waals surface area contributed by atoms with Gasteiger partial charge in [0.25, 0.3) is 0 Å². The molecule has 6 heteroatoms. The molecule has 0 fully saturated rings. The van der Waals surface area contributed by atoms with Gasteiger partial charge in [-0.1, -0.05) is 5.21 Å². The van der Waals surface area contributed by atoms with Gasteiger partial charge in [0.2, 0.25) is 0 Å². The molecule has 0 saturated carbocycles. The molecule has 1 aromatic heterocycles. The molecule has 0 aliphatic heterocycles. The minimum Gasteiger partial charge on any atom is -0.389 e. The number of hydrogen-bond donors (Lipinski definition) is 2. The number of aliphatic hydroxyl groups excluding tert-OH is 1. The highest BCUT2D eigenvalue weighted by Crippen LogP contribution is 1.87. The Morgan fingerprint density at radius 1 is 1.56 bits per heavy atom. The first kappa shape index (κ1) is 13.1. The predicted octanol–water partition coefficient (Wildman–Crippen LogP) is -0.345. The Balaban J connectivity index is 1.91. The van der Waals surface area contributed by atoms with Gasteiger partial charge in [-0.2, -0.15) is 0 Å². The molecular formula is C10H20N4O2. The minimum atomic E-state index is -0.425. The Labute approximate surface area is 95.6 Å². The summed E-state index contributed by atoms with van der Waals surface area (Å²) in [5, 5.41) is 20.2. The van der Waals surface area contributed by atoms with Gasteiger partial charge in [0, 0.05) is 25.9 Å². The van der Waals surface area contributed by atoms with Crippen molar-refractivity contribution in [2.75, 3.05) is 26.3 Å². The van der Waals surface area contributed by atoms with E-state index >= 15 is 0 Å². The van der Waals surface area contributed by atoms with Crippen molar-refractivity contribution in [3.8, 4) is 0 Å². The topological polar surface area (TPSA) is 72.2 Å². The first-order valence-electron chi connectivity index (χ1n) is 5.63. The molecule has 1 heterocycles. The van der Waals surface area contributed by atoms with Gasteiger partial charge in [0.15, 0.2) is 0 Å². The first-order valence-corrected chi connectivity index (χ1v) is 5.63. The van der Waals surface area contributed by atoms with E-state index in [1.807, 2.05) is 13.1 Å². The van der Waals surface area contributed by atoms with Crippen molar-refractivity contribution in [3.05, 3.63) is 12.4 Å². The third-order valence-corrected chi connectivity index (χ3v) is 2.11. The second kappa shape index (κ2) is 8.20. The molecule has 92 valence electrons. The summed E-state index contributed by atoms with van der Waals surface area (Å²) in [7, 11) is 0. The van der Waals surface area contributed by atoms with Gasteiger partial charge >= 0.3 is 0 Å². The van der Waals surface area contributed by atoms with Crippen LogP contribution in [-0.2, 0) is 11.3 Å². The molecule has 0 spiro atoms. The van der Waals surface area contributed by atoms with E-state index in [1.165, 1.54) is 0 Å². The van der Waals surface area contributed by atoms with E-state index in [9.17, 15) is 5.11 Å². The van der Waals surface area contributed by atoms with Crippen LogP contribution < -0.4 is 5.32 Å². The predicted molar refractivity (Wildman–Crippen MR) is 60.0 cm³/mol. The number of hydrogen-bond acceptors (Lipinski definition) is 5. The zero-order chi connectivity index (χ0) is 11.6. The maximum absolute atomic E-state index is 9.45. The molecule has 1 atom stereocenters. The van der Waals surface area contributed by atoms with Crippen LogP contribution in [0.5, 0.6) is 0 Å². The molecule has 16 heavy (non-hydrogen) atoms. The number of nitrogens with zero attached hydrogens (tertiary/aromatic N) is 3. The summed E-state index contributed by atoms with van der Waals surface area (Å²) in [5.41, 5.74) is 0. The van der Waals surface area contributed by atoms with E-state index < -0.39 is 6.10 Å². The molecule has 1 aromatic rings. The molecule has 0 aliphatic rings. The summed E-state index contributed by atoms with van der Waals surface area (Å²) in [5.74, 6) is 0. The number of aromatic nitrogens is 3. The summed E-state index contributed by atoms with van der Waals surface area (Å²) in [6, 6.07) is 0. The van der Waals surface area contributed by atoms with Crippen LogP contribution in [-0.4, -0.2) is 52.5 Å². The van der Waals surface area contributed by atoms with E-state index in [-0.39, 0.29) is 0 Å².